The second-order valence-corrected chi connectivity index (χ2v) is 10.7. The lowest BCUT2D eigenvalue weighted by atomic mass is 9.95. The van der Waals surface area contributed by atoms with E-state index < -0.39 is 0 Å². The van der Waals surface area contributed by atoms with Gasteiger partial charge < -0.3 is 10.2 Å². The second kappa shape index (κ2) is 9.78. The minimum absolute atomic E-state index is 0.0235. The zero-order chi connectivity index (χ0) is 25.4. The smallest absolute Gasteiger partial charge is 0.263 e. The molecule has 2 aliphatic heterocycles. The number of benzene rings is 2. The minimum atomic E-state index is -0.296. The molecule has 0 saturated carbocycles. The molecule has 37 heavy (non-hydrogen) atoms. The van der Waals surface area contributed by atoms with Crippen molar-refractivity contribution in [3.63, 3.8) is 0 Å². The molecule has 0 spiro atoms. The Hall–Kier alpha value is -4.04. The van der Waals surface area contributed by atoms with Crippen LogP contribution in [-0.4, -0.2) is 40.7 Å². The highest BCUT2D eigenvalue weighted by Crippen LogP contribution is 2.35. The summed E-state index contributed by atoms with van der Waals surface area (Å²) < 4.78 is 1.21. The third-order valence-electron chi connectivity index (χ3n) is 7.09. The molecule has 2 aromatic carbocycles. The summed E-state index contributed by atoms with van der Waals surface area (Å²) in [6.45, 7) is 1.94. The molecule has 8 heteroatoms. The molecule has 0 radical (unpaired) electrons. The van der Waals surface area contributed by atoms with Gasteiger partial charge >= 0.3 is 0 Å². The molecule has 1 N–H and O–H groups in total. The van der Waals surface area contributed by atoms with Crippen molar-refractivity contribution >= 4 is 44.8 Å². The first-order valence-corrected chi connectivity index (χ1v) is 13.3. The number of nitrogens with one attached hydrogen (secondary N) is 1. The number of nitrogens with zero attached hydrogens (tertiary/aromatic N) is 3. The fraction of sp³-hybridized carbons (Fsp3) is 0.241. The maximum atomic E-state index is 13.4. The molecule has 4 aromatic rings. The second-order valence-electron chi connectivity index (χ2n) is 9.51. The average molecular weight is 511 g/mol. The van der Waals surface area contributed by atoms with Crippen molar-refractivity contribution in [1.82, 2.24) is 15.2 Å². The van der Waals surface area contributed by atoms with Gasteiger partial charge in [-0.25, -0.2) is 0 Å². The standard InChI is InChI=1S/C29H26N4O3S/c34-27(31-16-22-14-20-7-1-2-11-25(20)37-22)21-8-5-13-32(18-21)24-10-3-9-23-26(24)29(36)33(28(23)35)17-19-6-4-12-30-15-19/h1-4,6-7,9-12,14-15,21H,5,8,13,16-18H2,(H,31,34)/t21-/m0/s1. The van der Waals surface area contributed by atoms with Gasteiger partial charge in [-0.3, -0.25) is 24.3 Å². The summed E-state index contributed by atoms with van der Waals surface area (Å²) in [4.78, 5) is 48.2. The molecule has 1 saturated heterocycles. The van der Waals surface area contributed by atoms with E-state index >= 15 is 0 Å². The van der Waals surface area contributed by atoms with Crippen LogP contribution in [0.2, 0.25) is 0 Å². The van der Waals surface area contributed by atoms with E-state index in [-0.39, 0.29) is 30.2 Å². The molecule has 0 bridgehead atoms. The Morgan fingerprint density at radius 3 is 2.78 bits per heavy atom. The van der Waals surface area contributed by atoms with E-state index in [0.717, 1.165) is 35.5 Å². The molecule has 3 amide bonds. The Kier molecular flexibility index (Phi) is 6.18. The van der Waals surface area contributed by atoms with Crippen molar-refractivity contribution in [1.29, 1.82) is 0 Å². The number of hydrogen-bond donors (Lipinski definition) is 1. The third kappa shape index (κ3) is 4.49. The van der Waals surface area contributed by atoms with Gasteiger partial charge in [-0.15, -0.1) is 11.3 Å². The van der Waals surface area contributed by atoms with Gasteiger partial charge in [-0.1, -0.05) is 30.3 Å². The number of anilines is 1. The van der Waals surface area contributed by atoms with Crippen LogP contribution in [-0.2, 0) is 17.9 Å². The van der Waals surface area contributed by atoms with Crippen LogP contribution in [0.4, 0.5) is 5.69 Å². The van der Waals surface area contributed by atoms with Gasteiger partial charge in [0.05, 0.1) is 35.8 Å². The highest BCUT2D eigenvalue weighted by atomic mass is 32.1. The summed E-state index contributed by atoms with van der Waals surface area (Å²) in [6.07, 6.45) is 4.96. The Bertz CT molecular complexity index is 1470. The van der Waals surface area contributed by atoms with E-state index in [1.54, 1.807) is 35.9 Å². The number of carbonyl (C=O) groups excluding carboxylic acids is 3. The molecule has 2 aromatic heterocycles. The number of aromatic nitrogens is 1. The van der Waals surface area contributed by atoms with Crippen molar-refractivity contribution in [3.8, 4) is 0 Å². The third-order valence-corrected chi connectivity index (χ3v) is 8.20. The van der Waals surface area contributed by atoms with Gasteiger partial charge in [0, 0.05) is 35.1 Å². The predicted octanol–water partition coefficient (Wildman–Crippen LogP) is 4.63. The summed E-state index contributed by atoms with van der Waals surface area (Å²) >= 11 is 1.69. The molecule has 1 atom stereocenters. The topological polar surface area (TPSA) is 82.6 Å². The summed E-state index contributed by atoms with van der Waals surface area (Å²) in [6, 6.07) is 19.4. The van der Waals surface area contributed by atoms with Gasteiger partial charge in [0.2, 0.25) is 5.91 Å². The molecule has 4 heterocycles. The van der Waals surface area contributed by atoms with Crippen molar-refractivity contribution < 1.29 is 14.4 Å². The molecule has 7 nitrogen and oxygen atoms in total. The van der Waals surface area contributed by atoms with E-state index in [0.29, 0.717) is 24.2 Å². The van der Waals surface area contributed by atoms with Gasteiger partial charge in [0.25, 0.3) is 11.8 Å². The SMILES string of the molecule is O=C(NCc1cc2ccccc2s1)[C@H]1CCCN(c2cccc3c2C(=O)N(Cc2cccnc2)C3=O)C1. The number of amides is 3. The lowest BCUT2D eigenvalue weighted by Crippen LogP contribution is -2.43. The zero-order valence-electron chi connectivity index (χ0n) is 20.2. The van der Waals surface area contributed by atoms with Crippen LogP contribution in [0, 0.1) is 5.92 Å². The molecular formula is C29H26N4O3S. The average Bonchev–Trinajstić information content (AvgIpc) is 3.47. The van der Waals surface area contributed by atoms with Crippen LogP contribution < -0.4 is 10.2 Å². The molecular weight excluding hydrogens is 484 g/mol. The van der Waals surface area contributed by atoms with Crippen LogP contribution in [0.1, 0.15) is 44.0 Å². The molecule has 6 rings (SSSR count). The maximum Gasteiger partial charge on any atom is 0.263 e. The number of carbonyl (C=O) groups is 3. The minimum Gasteiger partial charge on any atom is -0.370 e. The fourth-order valence-corrected chi connectivity index (χ4v) is 6.25. The van der Waals surface area contributed by atoms with Crippen molar-refractivity contribution in [2.24, 2.45) is 5.92 Å². The maximum absolute atomic E-state index is 13.4. The number of rotatable bonds is 6. The normalized spacial score (nSPS) is 17.4. The Labute approximate surface area is 218 Å². The number of thiophene rings is 1. The van der Waals surface area contributed by atoms with Crippen LogP contribution >= 0.6 is 11.3 Å². The van der Waals surface area contributed by atoms with Crippen LogP contribution in [0.15, 0.2) is 73.1 Å². The first kappa shape index (κ1) is 23.4. The predicted molar refractivity (Wildman–Crippen MR) is 143 cm³/mol. The number of fused-ring (bicyclic) bond motifs is 2. The van der Waals surface area contributed by atoms with Crippen molar-refractivity contribution in [2.75, 3.05) is 18.0 Å². The van der Waals surface area contributed by atoms with Crippen molar-refractivity contribution in [3.05, 3.63) is 94.6 Å². The Balaban J connectivity index is 1.16. The summed E-state index contributed by atoms with van der Waals surface area (Å²) in [5.74, 6) is -0.746. The van der Waals surface area contributed by atoms with Gasteiger partial charge in [0.1, 0.15) is 0 Å². The van der Waals surface area contributed by atoms with E-state index in [1.165, 1.54) is 15.0 Å². The number of piperidine rings is 1. The quantitative estimate of drug-likeness (QED) is 0.383. The Morgan fingerprint density at radius 2 is 1.95 bits per heavy atom. The van der Waals surface area contributed by atoms with Gasteiger partial charge in [-0.2, -0.15) is 0 Å². The van der Waals surface area contributed by atoms with E-state index in [9.17, 15) is 14.4 Å². The highest BCUT2D eigenvalue weighted by molar-refractivity contribution is 7.19. The van der Waals surface area contributed by atoms with Crippen LogP contribution in [0.25, 0.3) is 10.1 Å². The van der Waals surface area contributed by atoms with E-state index in [4.69, 9.17) is 0 Å². The molecule has 1 fully saturated rings. The monoisotopic (exact) mass is 510 g/mol. The largest absolute Gasteiger partial charge is 0.370 e. The highest BCUT2D eigenvalue weighted by Gasteiger charge is 2.39. The summed E-state index contributed by atoms with van der Waals surface area (Å²) in [5, 5.41) is 4.30. The van der Waals surface area contributed by atoms with E-state index in [2.05, 4.69) is 33.4 Å². The van der Waals surface area contributed by atoms with Crippen molar-refractivity contribution in [2.45, 2.75) is 25.9 Å². The lowest BCUT2D eigenvalue weighted by Gasteiger charge is -2.34. The van der Waals surface area contributed by atoms with Crippen LogP contribution in [0.3, 0.4) is 0 Å². The van der Waals surface area contributed by atoms with E-state index in [1.807, 2.05) is 30.3 Å². The lowest BCUT2D eigenvalue weighted by molar-refractivity contribution is -0.125. The molecule has 0 unspecified atom stereocenters. The first-order valence-electron chi connectivity index (χ1n) is 12.5. The number of imide groups is 1. The molecule has 2 aliphatic rings. The van der Waals surface area contributed by atoms with Crippen LogP contribution in [0.5, 0.6) is 0 Å². The van der Waals surface area contributed by atoms with Gasteiger partial charge in [0.15, 0.2) is 0 Å². The fourth-order valence-electron chi connectivity index (χ4n) is 5.25. The van der Waals surface area contributed by atoms with Gasteiger partial charge in [-0.05, 0) is 54.1 Å². The summed E-state index contributed by atoms with van der Waals surface area (Å²) in [7, 11) is 0. The number of pyridine rings is 1. The first-order chi connectivity index (χ1) is 18.1. The molecule has 186 valence electrons. The zero-order valence-corrected chi connectivity index (χ0v) is 21.0. The number of hydrogen-bond acceptors (Lipinski definition) is 6. The molecule has 0 aliphatic carbocycles. The summed E-state index contributed by atoms with van der Waals surface area (Å²) in [5.41, 5.74) is 2.38. The Morgan fingerprint density at radius 1 is 1.05 bits per heavy atom.